The Bertz CT molecular complexity index is 2640. The van der Waals surface area contributed by atoms with Crippen molar-refractivity contribution in [1.82, 2.24) is 0 Å². The maximum atomic E-state index is 12.9. The van der Waals surface area contributed by atoms with E-state index in [4.69, 9.17) is 18.9 Å². The van der Waals surface area contributed by atoms with Gasteiger partial charge in [0.1, 0.15) is 23.0 Å². The molecule has 0 atom stereocenters. The third-order valence-corrected chi connectivity index (χ3v) is 9.87. The molecule has 8 rings (SSSR count). The lowest BCUT2D eigenvalue weighted by atomic mass is 9.86. The number of esters is 2. The predicted molar refractivity (Wildman–Crippen MR) is 234 cm³/mol. The Hall–Kier alpha value is -7.70. The molecule has 0 aliphatic heterocycles. The average Bonchev–Trinajstić information content (AvgIpc) is 3.27. The van der Waals surface area contributed by atoms with Crippen molar-refractivity contribution in [3.05, 3.63) is 203 Å². The zero-order valence-electron chi connectivity index (χ0n) is 31.9. The second-order valence-electron chi connectivity index (χ2n) is 13.5. The average molecular weight is 759 g/mol. The van der Waals surface area contributed by atoms with Gasteiger partial charge in [-0.3, -0.25) is 0 Å². The van der Waals surface area contributed by atoms with E-state index < -0.39 is 11.9 Å². The molecular weight excluding hydrogens is 721 g/mol. The van der Waals surface area contributed by atoms with Gasteiger partial charge in [-0.1, -0.05) is 121 Å². The molecule has 6 nitrogen and oxygen atoms in total. The summed E-state index contributed by atoms with van der Waals surface area (Å²) in [6.45, 7) is 0. The molecule has 0 unspecified atom stereocenters. The Morgan fingerprint density at radius 3 is 1.22 bits per heavy atom. The summed E-state index contributed by atoms with van der Waals surface area (Å²) in [6.07, 6.45) is 8.31. The molecule has 0 bridgehead atoms. The lowest BCUT2D eigenvalue weighted by Crippen LogP contribution is -2.08. The van der Waals surface area contributed by atoms with Crippen molar-refractivity contribution < 1.29 is 28.5 Å². The minimum Gasteiger partial charge on any atom is -0.497 e. The number of rotatable bonds is 11. The van der Waals surface area contributed by atoms with Crippen LogP contribution in [-0.2, 0) is 0 Å². The van der Waals surface area contributed by atoms with Crippen molar-refractivity contribution in [2.24, 2.45) is 0 Å². The molecule has 0 saturated heterocycles. The highest BCUT2D eigenvalue weighted by molar-refractivity contribution is 6.11. The van der Waals surface area contributed by atoms with Crippen LogP contribution in [0.4, 0.5) is 0 Å². The molecule has 0 spiro atoms. The number of carbonyl (C=O) groups excluding carboxylic acids is 2. The monoisotopic (exact) mass is 758 g/mol. The molecule has 0 saturated carbocycles. The van der Waals surface area contributed by atoms with E-state index in [1.807, 2.05) is 48.6 Å². The Labute approximate surface area is 336 Å². The standard InChI is InChI=1S/C52H38O6/c1-55-43-29-25-41(26-30-43)51(53)57-45-13-7-9-35(33-45)17-19-39-23-21-37-11-3-5-15-47(37)49(39)50-40(24-22-38-12-4-6-16-48(38)50)20-18-36-10-8-14-46(34-36)58-52(54)42-27-31-44(56-2)32-28-42/h3-34H,1-2H3/b19-17+,20-18+. The topological polar surface area (TPSA) is 71.1 Å². The summed E-state index contributed by atoms with van der Waals surface area (Å²) in [4.78, 5) is 25.9. The fraction of sp³-hybridized carbons (Fsp3) is 0.0385. The maximum Gasteiger partial charge on any atom is 0.343 e. The van der Waals surface area contributed by atoms with E-state index >= 15 is 0 Å². The van der Waals surface area contributed by atoms with Crippen LogP contribution in [0.3, 0.4) is 0 Å². The normalized spacial score (nSPS) is 11.3. The predicted octanol–water partition coefficient (Wildman–Crippen LogP) is 12.5. The van der Waals surface area contributed by atoms with Gasteiger partial charge < -0.3 is 18.9 Å². The molecule has 58 heavy (non-hydrogen) atoms. The lowest BCUT2D eigenvalue weighted by molar-refractivity contribution is 0.0725. The Balaban J connectivity index is 1.14. The molecule has 6 heteroatoms. The van der Waals surface area contributed by atoms with Crippen LogP contribution in [0, 0.1) is 0 Å². The van der Waals surface area contributed by atoms with E-state index in [1.165, 1.54) is 0 Å². The zero-order chi connectivity index (χ0) is 39.8. The van der Waals surface area contributed by atoms with E-state index in [9.17, 15) is 9.59 Å². The smallest absolute Gasteiger partial charge is 0.343 e. The second kappa shape index (κ2) is 17.0. The largest absolute Gasteiger partial charge is 0.497 e. The van der Waals surface area contributed by atoms with Gasteiger partial charge in [0.2, 0.25) is 0 Å². The van der Waals surface area contributed by atoms with Crippen molar-refractivity contribution >= 4 is 57.8 Å². The summed E-state index contributed by atoms with van der Waals surface area (Å²) in [5.74, 6) is 1.33. The van der Waals surface area contributed by atoms with Gasteiger partial charge in [-0.25, -0.2) is 9.59 Å². The minimum absolute atomic E-state index is 0.434. The SMILES string of the molecule is COc1ccc(C(=O)Oc2cccc(/C=C/c3ccc4ccccc4c3-c3c(/C=C/c4cccc(OC(=O)c5ccc(OC)cc5)c4)ccc4ccccc34)c2)cc1. The molecule has 8 aromatic carbocycles. The van der Waals surface area contributed by atoms with Crippen molar-refractivity contribution in [3.8, 4) is 34.1 Å². The molecule has 0 aromatic heterocycles. The molecule has 8 aromatic rings. The van der Waals surface area contributed by atoms with Crippen LogP contribution in [0.25, 0.3) is 57.0 Å². The fourth-order valence-corrected chi connectivity index (χ4v) is 6.93. The molecular formula is C52H38O6. The number of hydrogen-bond donors (Lipinski definition) is 0. The van der Waals surface area contributed by atoms with Gasteiger partial charge in [-0.2, -0.15) is 0 Å². The van der Waals surface area contributed by atoms with Crippen LogP contribution in [0.15, 0.2) is 170 Å². The van der Waals surface area contributed by atoms with Crippen molar-refractivity contribution in [3.63, 3.8) is 0 Å². The van der Waals surface area contributed by atoms with Gasteiger partial charge in [0.25, 0.3) is 0 Å². The third-order valence-electron chi connectivity index (χ3n) is 9.87. The molecule has 0 radical (unpaired) electrons. The van der Waals surface area contributed by atoms with Crippen LogP contribution < -0.4 is 18.9 Å². The summed E-state index contributed by atoms with van der Waals surface area (Å²) in [7, 11) is 3.17. The fourth-order valence-electron chi connectivity index (χ4n) is 6.93. The highest BCUT2D eigenvalue weighted by Crippen LogP contribution is 2.41. The summed E-state index contributed by atoms with van der Waals surface area (Å²) < 4.78 is 21.9. The minimum atomic E-state index is -0.446. The highest BCUT2D eigenvalue weighted by atomic mass is 16.5. The molecule has 282 valence electrons. The number of methoxy groups -OCH3 is 2. The second-order valence-corrected chi connectivity index (χ2v) is 13.5. The summed E-state index contributed by atoms with van der Waals surface area (Å²) in [5, 5.41) is 4.48. The van der Waals surface area contributed by atoms with Gasteiger partial charge in [0.15, 0.2) is 0 Å². The Kier molecular flexibility index (Phi) is 10.9. The Morgan fingerprint density at radius 2 is 0.810 bits per heavy atom. The molecule has 0 aliphatic rings. The summed E-state index contributed by atoms with van der Waals surface area (Å²) in [5.41, 5.74) is 6.86. The first-order chi connectivity index (χ1) is 28.4. The quantitative estimate of drug-likeness (QED) is 0.0743. The molecule has 0 amide bonds. The van der Waals surface area contributed by atoms with E-state index in [-0.39, 0.29) is 0 Å². The van der Waals surface area contributed by atoms with Gasteiger partial charge in [-0.05, 0) is 128 Å². The van der Waals surface area contributed by atoms with Crippen LogP contribution in [-0.4, -0.2) is 26.2 Å². The summed E-state index contributed by atoms with van der Waals surface area (Å²) in [6, 6.07) is 54.1. The first-order valence-electron chi connectivity index (χ1n) is 18.8. The zero-order valence-corrected chi connectivity index (χ0v) is 31.9. The van der Waals surface area contributed by atoms with Crippen molar-refractivity contribution in [1.29, 1.82) is 0 Å². The number of carbonyl (C=O) groups is 2. The van der Waals surface area contributed by atoms with Gasteiger partial charge in [0.05, 0.1) is 25.3 Å². The summed E-state index contributed by atoms with van der Waals surface area (Å²) >= 11 is 0. The van der Waals surface area contributed by atoms with Crippen LogP contribution in [0.1, 0.15) is 43.0 Å². The number of fused-ring (bicyclic) bond motifs is 2. The molecule has 0 aliphatic carbocycles. The lowest BCUT2D eigenvalue weighted by Gasteiger charge is -2.17. The molecule has 0 heterocycles. The first kappa shape index (κ1) is 37.2. The van der Waals surface area contributed by atoms with Gasteiger partial charge in [-0.15, -0.1) is 0 Å². The number of ether oxygens (including phenoxy) is 4. The van der Waals surface area contributed by atoms with E-state index in [0.29, 0.717) is 34.1 Å². The van der Waals surface area contributed by atoms with Crippen molar-refractivity contribution in [2.75, 3.05) is 14.2 Å². The van der Waals surface area contributed by atoms with E-state index in [1.54, 1.807) is 74.9 Å². The van der Waals surface area contributed by atoms with Crippen LogP contribution in [0.5, 0.6) is 23.0 Å². The number of benzene rings is 8. The van der Waals surface area contributed by atoms with Gasteiger partial charge in [0, 0.05) is 0 Å². The third kappa shape index (κ3) is 8.27. The van der Waals surface area contributed by atoms with Crippen molar-refractivity contribution in [2.45, 2.75) is 0 Å². The maximum absolute atomic E-state index is 12.9. The van der Waals surface area contributed by atoms with E-state index in [2.05, 4.69) is 84.9 Å². The molecule has 0 fully saturated rings. The first-order valence-corrected chi connectivity index (χ1v) is 18.8. The van der Waals surface area contributed by atoms with E-state index in [0.717, 1.165) is 54.9 Å². The highest BCUT2D eigenvalue weighted by Gasteiger charge is 2.16. The van der Waals surface area contributed by atoms with Gasteiger partial charge >= 0.3 is 11.9 Å². The Morgan fingerprint density at radius 1 is 0.397 bits per heavy atom. The number of hydrogen-bond acceptors (Lipinski definition) is 6. The molecule has 0 N–H and O–H groups in total. The van der Waals surface area contributed by atoms with Crippen LogP contribution in [0.2, 0.25) is 0 Å². The van der Waals surface area contributed by atoms with Crippen LogP contribution >= 0.6 is 0 Å².